The van der Waals surface area contributed by atoms with Gasteiger partial charge in [-0.1, -0.05) is 0 Å². The number of Topliss-reactive ketones (excluding diaryl/α,β-unsaturated/α-hetero) is 1. The van der Waals surface area contributed by atoms with Crippen LogP contribution < -0.4 is 0 Å². The zero-order valence-electron chi connectivity index (χ0n) is 9.99. The van der Waals surface area contributed by atoms with E-state index >= 15 is 0 Å². The van der Waals surface area contributed by atoms with E-state index in [1.165, 1.54) is 20.0 Å². The topological polar surface area (TPSA) is 56.3 Å². The highest BCUT2D eigenvalue weighted by Gasteiger charge is 2.39. The molecule has 1 rings (SSSR count). The molecule has 0 unspecified atom stereocenters. The molecule has 17 heavy (non-hydrogen) atoms. The second-order valence-electron chi connectivity index (χ2n) is 4.01. The number of carbonyl (C=O) groups is 2. The number of pyridine rings is 1. The third kappa shape index (κ3) is 2.91. The molecule has 0 saturated heterocycles. The van der Waals surface area contributed by atoms with Gasteiger partial charge in [-0.15, -0.1) is 0 Å². The summed E-state index contributed by atoms with van der Waals surface area (Å²) in [4.78, 5) is 27.9. The fourth-order valence-corrected chi connectivity index (χ4v) is 1.69. The lowest BCUT2D eigenvalue weighted by atomic mass is 9.86. The normalized spacial score (nSPS) is 11.1. The van der Waals surface area contributed by atoms with Crippen LogP contribution in [0.4, 0.5) is 0 Å². The predicted octanol–water partition coefficient (Wildman–Crippen LogP) is 2.62. The minimum absolute atomic E-state index is 0.241. The molecule has 0 aliphatic heterocycles. The van der Waals surface area contributed by atoms with Gasteiger partial charge in [-0.05, 0) is 48.8 Å². The van der Waals surface area contributed by atoms with Gasteiger partial charge in [-0.25, -0.2) is 0 Å². The zero-order chi connectivity index (χ0) is 13.1. The third-order valence-electron chi connectivity index (χ3n) is 2.33. The Hall–Kier alpha value is -1.23. The summed E-state index contributed by atoms with van der Waals surface area (Å²) in [7, 11) is 0. The van der Waals surface area contributed by atoms with Gasteiger partial charge in [-0.2, -0.15) is 0 Å². The molecular weight excluding hydrogens is 286 g/mol. The molecule has 92 valence electrons. The highest BCUT2D eigenvalue weighted by molar-refractivity contribution is 9.10. The number of aromatic nitrogens is 1. The van der Waals surface area contributed by atoms with Crippen molar-refractivity contribution >= 4 is 27.7 Å². The Labute approximate surface area is 109 Å². The Kier molecular flexibility index (Phi) is 4.40. The van der Waals surface area contributed by atoms with Gasteiger partial charge in [0.2, 0.25) is 0 Å². The molecule has 0 aromatic carbocycles. The maximum Gasteiger partial charge on any atom is 0.319 e. The summed E-state index contributed by atoms with van der Waals surface area (Å²) in [5.74, 6) is -0.897. The van der Waals surface area contributed by atoms with E-state index in [2.05, 4.69) is 20.9 Å². The lowest BCUT2D eigenvalue weighted by Gasteiger charge is -2.20. The maximum absolute atomic E-state index is 12.2. The van der Waals surface area contributed by atoms with Crippen LogP contribution in [0.15, 0.2) is 22.8 Å². The average molecular weight is 300 g/mol. The van der Waals surface area contributed by atoms with Gasteiger partial charge in [0.15, 0.2) is 5.78 Å². The molecule has 0 saturated carbocycles. The van der Waals surface area contributed by atoms with Gasteiger partial charge in [0, 0.05) is 10.7 Å². The van der Waals surface area contributed by atoms with Crippen LogP contribution in [0, 0.1) is 5.41 Å². The van der Waals surface area contributed by atoms with E-state index in [0.717, 1.165) is 0 Å². The summed E-state index contributed by atoms with van der Waals surface area (Å²) in [6.45, 7) is 5.02. The Bertz CT molecular complexity index is 443. The first kappa shape index (κ1) is 13.8. The summed E-state index contributed by atoms with van der Waals surface area (Å²) in [5.41, 5.74) is -0.988. The highest BCUT2D eigenvalue weighted by Crippen LogP contribution is 2.26. The maximum atomic E-state index is 12.2. The first-order valence-electron chi connectivity index (χ1n) is 5.23. The van der Waals surface area contributed by atoms with Crippen LogP contribution in [0.3, 0.4) is 0 Å². The molecule has 0 aliphatic rings. The summed E-state index contributed by atoms with van der Waals surface area (Å²) in [6.07, 6.45) is 1.51. The first-order valence-corrected chi connectivity index (χ1v) is 6.03. The minimum Gasteiger partial charge on any atom is -0.465 e. The number of rotatable bonds is 4. The van der Waals surface area contributed by atoms with E-state index in [1.807, 2.05) is 0 Å². The van der Waals surface area contributed by atoms with Crippen molar-refractivity contribution in [2.45, 2.75) is 20.8 Å². The number of ether oxygens (including phenoxy) is 1. The molecule has 0 bridgehead atoms. The smallest absolute Gasteiger partial charge is 0.319 e. The largest absolute Gasteiger partial charge is 0.465 e. The molecule has 1 aromatic heterocycles. The van der Waals surface area contributed by atoms with E-state index < -0.39 is 11.4 Å². The molecule has 0 spiro atoms. The number of esters is 1. The number of nitrogens with zero attached hydrogens (tertiary/aromatic N) is 1. The molecule has 0 atom stereocenters. The molecule has 0 fully saturated rings. The van der Waals surface area contributed by atoms with Crippen molar-refractivity contribution in [3.05, 3.63) is 28.5 Å². The van der Waals surface area contributed by atoms with E-state index in [-0.39, 0.29) is 18.1 Å². The second kappa shape index (κ2) is 5.40. The average Bonchev–Trinajstić information content (AvgIpc) is 2.29. The van der Waals surface area contributed by atoms with Crippen molar-refractivity contribution in [3.63, 3.8) is 0 Å². The van der Waals surface area contributed by atoms with Crippen LogP contribution in [0.2, 0.25) is 0 Å². The summed E-state index contributed by atoms with van der Waals surface area (Å²) >= 11 is 3.24. The van der Waals surface area contributed by atoms with Gasteiger partial charge in [-0.3, -0.25) is 14.6 Å². The monoisotopic (exact) mass is 299 g/mol. The minimum atomic E-state index is -1.23. The van der Waals surface area contributed by atoms with Gasteiger partial charge in [0.05, 0.1) is 6.61 Å². The van der Waals surface area contributed by atoms with Gasteiger partial charge >= 0.3 is 5.97 Å². The van der Waals surface area contributed by atoms with Crippen LogP contribution in [0.25, 0.3) is 0 Å². The standard InChI is InChI=1S/C12H14BrNO3/c1-4-17-11(16)12(2,3)10(15)9-8(13)6-5-7-14-9/h5-7H,4H2,1-3H3. The number of ketones is 1. The fraction of sp³-hybridized carbons (Fsp3) is 0.417. The quantitative estimate of drug-likeness (QED) is 0.487. The molecule has 0 amide bonds. The lowest BCUT2D eigenvalue weighted by molar-refractivity contribution is -0.150. The Balaban J connectivity index is 3.05. The molecular formula is C12H14BrNO3. The van der Waals surface area contributed by atoms with Gasteiger partial charge in [0.1, 0.15) is 11.1 Å². The number of halogens is 1. The lowest BCUT2D eigenvalue weighted by Crippen LogP contribution is -2.35. The number of hydrogen-bond acceptors (Lipinski definition) is 4. The molecule has 0 aliphatic carbocycles. The predicted molar refractivity (Wildman–Crippen MR) is 66.7 cm³/mol. The third-order valence-corrected chi connectivity index (χ3v) is 2.97. The van der Waals surface area contributed by atoms with Crippen molar-refractivity contribution < 1.29 is 14.3 Å². The fourth-order valence-electron chi connectivity index (χ4n) is 1.25. The summed E-state index contributed by atoms with van der Waals surface area (Å²) < 4.78 is 5.46. The van der Waals surface area contributed by atoms with Crippen molar-refractivity contribution in [1.82, 2.24) is 4.98 Å². The SMILES string of the molecule is CCOC(=O)C(C)(C)C(=O)c1ncccc1Br. The van der Waals surface area contributed by atoms with Gasteiger partial charge in [0.25, 0.3) is 0 Å². The molecule has 1 heterocycles. The molecule has 1 aromatic rings. The van der Waals surface area contributed by atoms with Crippen LogP contribution in [-0.4, -0.2) is 23.3 Å². The Morgan fingerprint density at radius 2 is 2.12 bits per heavy atom. The Morgan fingerprint density at radius 1 is 1.47 bits per heavy atom. The van der Waals surface area contributed by atoms with Crippen LogP contribution in [0.5, 0.6) is 0 Å². The Morgan fingerprint density at radius 3 is 2.65 bits per heavy atom. The van der Waals surface area contributed by atoms with Crippen LogP contribution in [0.1, 0.15) is 31.3 Å². The number of carbonyl (C=O) groups excluding carboxylic acids is 2. The van der Waals surface area contributed by atoms with Crippen LogP contribution in [-0.2, 0) is 9.53 Å². The molecule has 0 radical (unpaired) electrons. The zero-order valence-corrected chi connectivity index (χ0v) is 11.6. The van der Waals surface area contributed by atoms with E-state index in [1.54, 1.807) is 19.1 Å². The van der Waals surface area contributed by atoms with Gasteiger partial charge < -0.3 is 4.74 Å². The van der Waals surface area contributed by atoms with Crippen molar-refractivity contribution in [3.8, 4) is 0 Å². The second-order valence-corrected chi connectivity index (χ2v) is 4.86. The molecule has 0 N–H and O–H groups in total. The summed E-state index contributed by atoms with van der Waals surface area (Å²) in [5, 5.41) is 0. The number of hydrogen-bond donors (Lipinski definition) is 0. The van der Waals surface area contributed by atoms with E-state index in [0.29, 0.717) is 4.47 Å². The summed E-state index contributed by atoms with van der Waals surface area (Å²) in [6, 6.07) is 3.42. The molecule has 4 nitrogen and oxygen atoms in total. The first-order chi connectivity index (χ1) is 7.91. The highest BCUT2D eigenvalue weighted by atomic mass is 79.9. The van der Waals surface area contributed by atoms with Crippen molar-refractivity contribution in [2.75, 3.05) is 6.61 Å². The van der Waals surface area contributed by atoms with E-state index in [9.17, 15) is 9.59 Å². The molecule has 5 heteroatoms. The van der Waals surface area contributed by atoms with Crippen LogP contribution >= 0.6 is 15.9 Å². The van der Waals surface area contributed by atoms with Crippen molar-refractivity contribution in [2.24, 2.45) is 5.41 Å². The van der Waals surface area contributed by atoms with Crippen molar-refractivity contribution in [1.29, 1.82) is 0 Å². The van der Waals surface area contributed by atoms with E-state index in [4.69, 9.17) is 4.74 Å².